The highest BCUT2D eigenvalue weighted by Gasteiger charge is 2.36. The summed E-state index contributed by atoms with van der Waals surface area (Å²) in [6, 6.07) is 16.8. The van der Waals surface area contributed by atoms with Crippen molar-refractivity contribution < 1.29 is 19.1 Å². The summed E-state index contributed by atoms with van der Waals surface area (Å²) in [7, 11) is 0. The van der Waals surface area contributed by atoms with Crippen molar-refractivity contribution in [2.75, 3.05) is 39.3 Å². The van der Waals surface area contributed by atoms with Crippen LogP contribution in [-0.2, 0) is 9.53 Å². The molecule has 2 aromatic carbocycles. The predicted octanol–water partition coefficient (Wildman–Crippen LogP) is 1.86. The fourth-order valence-electron chi connectivity index (χ4n) is 3.89. The maximum absolute atomic E-state index is 12.3. The Morgan fingerprint density at radius 2 is 1.67 bits per heavy atom. The second-order valence-electron chi connectivity index (χ2n) is 7.52. The van der Waals surface area contributed by atoms with E-state index in [0.29, 0.717) is 24.3 Å². The molecule has 30 heavy (non-hydrogen) atoms. The molecule has 1 atom stereocenters. The Labute approximate surface area is 175 Å². The van der Waals surface area contributed by atoms with Crippen molar-refractivity contribution in [2.45, 2.75) is 12.5 Å². The number of rotatable bonds is 7. The van der Waals surface area contributed by atoms with E-state index in [9.17, 15) is 14.4 Å². The van der Waals surface area contributed by atoms with Gasteiger partial charge in [0.1, 0.15) is 6.54 Å². The number of imide groups is 1. The Bertz CT molecular complexity index is 896. The number of morpholine rings is 1. The van der Waals surface area contributed by atoms with Crippen LogP contribution in [0.15, 0.2) is 54.6 Å². The molecular formula is C23H25N3O4. The number of fused-ring (bicyclic) bond motifs is 1. The van der Waals surface area contributed by atoms with E-state index in [1.165, 1.54) is 5.56 Å². The molecule has 0 radical (unpaired) electrons. The van der Waals surface area contributed by atoms with E-state index >= 15 is 0 Å². The maximum Gasteiger partial charge on any atom is 0.262 e. The average molecular weight is 407 g/mol. The molecule has 1 fully saturated rings. The summed E-state index contributed by atoms with van der Waals surface area (Å²) in [6.07, 6.45) is 0.860. The lowest BCUT2D eigenvalue weighted by Gasteiger charge is -2.33. The Balaban J connectivity index is 1.19. The van der Waals surface area contributed by atoms with E-state index in [0.717, 1.165) is 31.0 Å². The maximum atomic E-state index is 12.3. The lowest BCUT2D eigenvalue weighted by Crippen LogP contribution is -2.42. The van der Waals surface area contributed by atoms with Crippen molar-refractivity contribution in [1.82, 2.24) is 15.1 Å². The number of carbonyl (C=O) groups is 3. The molecule has 0 unspecified atom stereocenters. The minimum atomic E-state index is -0.411. The van der Waals surface area contributed by atoms with Gasteiger partial charge >= 0.3 is 0 Å². The van der Waals surface area contributed by atoms with Crippen LogP contribution in [0.3, 0.4) is 0 Å². The molecule has 2 aliphatic heterocycles. The third-order valence-corrected chi connectivity index (χ3v) is 5.48. The standard InChI is InChI=1S/C23H25N3O4/c27-21(16-26-22(28)18-9-4-5-10-19(18)23(26)29)24-11-6-12-25-13-14-30-20(15-25)17-7-2-1-3-8-17/h1-5,7-10,20H,6,11-16H2,(H,24,27)/t20-/m1/s1. The third-order valence-electron chi connectivity index (χ3n) is 5.48. The van der Waals surface area contributed by atoms with Gasteiger partial charge in [0.15, 0.2) is 0 Å². The van der Waals surface area contributed by atoms with Gasteiger partial charge in [-0.05, 0) is 24.1 Å². The average Bonchev–Trinajstić information content (AvgIpc) is 3.03. The number of nitrogens with one attached hydrogen (secondary N) is 1. The summed E-state index contributed by atoms with van der Waals surface area (Å²) >= 11 is 0. The first kappa shape index (κ1) is 20.3. The summed E-state index contributed by atoms with van der Waals surface area (Å²) < 4.78 is 5.88. The van der Waals surface area contributed by atoms with Gasteiger partial charge in [0.25, 0.3) is 11.8 Å². The van der Waals surface area contributed by atoms with E-state index in [1.807, 2.05) is 18.2 Å². The van der Waals surface area contributed by atoms with Crippen LogP contribution < -0.4 is 5.32 Å². The van der Waals surface area contributed by atoms with Gasteiger partial charge in [0.05, 0.1) is 23.8 Å². The van der Waals surface area contributed by atoms with E-state index in [1.54, 1.807) is 24.3 Å². The zero-order valence-corrected chi connectivity index (χ0v) is 16.8. The minimum absolute atomic E-state index is 0.0726. The molecule has 2 aliphatic rings. The fraction of sp³-hybridized carbons (Fsp3) is 0.348. The molecule has 1 saturated heterocycles. The summed E-state index contributed by atoms with van der Waals surface area (Å²) in [5, 5.41) is 2.82. The SMILES string of the molecule is O=C(CN1C(=O)c2ccccc2C1=O)NCCCN1CCO[C@@H](c2ccccc2)C1. The highest BCUT2D eigenvalue weighted by atomic mass is 16.5. The van der Waals surface area contributed by atoms with Gasteiger partial charge in [-0.15, -0.1) is 0 Å². The second-order valence-corrected chi connectivity index (χ2v) is 7.52. The Kier molecular flexibility index (Phi) is 6.21. The van der Waals surface area contributed by atoms with Crippen LogP contribution in [0.25, 0.3) is 0 Å². The molecule has 156 valence electrons. The monoisotopic (exact) mass is 407 g/mol. The largest absolute Gasteiger partial charge is 0.371 e. The molecule has 0 bridgehead atoms. The molecule has 0 aliphatic carbocycles. The van der Waals surface area contributed by atoms with Gasteiger partial charge in [-0.2, -0.15) is 0 Å². The first-order valence-corrected chi connectivity index (χ1v) is 10.2. The summed E-state index contributed by atoms with van der Waals surface area (Å²) in [4.78, 5) is 40.2. The number of amides is 3. The van der Waals surface area contributed by atoms with Crippen LogP contribution in [0.4, 0.5) is 0 Å². The van der Waals surface area contributed by atoms with Gasteiger partial charge in [-0.3, -0.25) is 24.2 Å². The first-order chi connectivity index (χ1) is 14.6. The molecule has 0 aromatic heterocycles. The van der Waals surface area contributed by atoms with Gasteiger partial charge in [-0.1, -0.05) is 42.5 Å². The van der Waals surface area contributed by atoms with Crippen LogP contribution in [0.1, 0.15) is 38.8 Å². The molecule has 1 N–H and O–H groups in total. The zero-order valence-electron chi connectivity index (χ0n) is 16.8. The Hall–Kier alpha value is -3.03. The Morgan fingerprint density at radius 1 is 1.00 bits per heavy atom. The van der Waals surface area contributed by atoms with Crippen LogP contribution in [-0.4, -0.2) is 66.9 Å². The van der Waals surface area contributed by atoms with Gasteiger partial charge in [-0.25, -0.2) is 0 Å². The molecule has 7 heteroatoms. The normalized spacial score (nSPS) is 19.1. The van der Waals surface area contributed by atoms with Crippen molar-refractivity contribution in [2.24, 2.45) is 0 Å². The third kappa shape index (κ3) is 4.42. The lowest BCUT2D eigenvalue weighted by molar-refractivity contribution is -0.121. The zero-order chi connectivity index (χ0) is 20.9. The number of hydrogen-bond donors (Lipinski definition) is 1. The number of carbonyl (C=O) groups excluding carboxylic acids is 3. The molecule has 2 heterocycles. The lowest BCUT2D eigenvalue weighted by atomic mass is 10.1. The smallest absolute Gasteiger partial charge is 0.262 e. The molecule has 0 saturated carbocycles. The van der Waals surface area contributed by atoms with E-state index < -0.39 is 11.8 Å². The van der Waals surface area contributed by atoms with E-state index in [-0.39, 0.29) is 18.6 Å². The molecule has 7 nitrogen and oxygen atoms in total. The van der Waals surface area contributed by atoms with Crippen molar-refractivity contribution >= 4 is 17.7 Å². The van der Waals surface area contributed by atoms with Gasteiger partial charge in [0, 0.05) is 26.2 Å². The number of benzene rings is 2. The Morgan fingerprint density at radius 3 is 2.37 bits per heavy atom. The molecule has 0 spiro atoms. The fourth-order valence-corrected chi connectivity index (χ4v) is 3.89. The minimum Gasteiger partial charge on any atom is -0.371 e. The van der Waals surface area contributed by atoms with Crippen molar-refractivity contribution in [3.8, 4) is 0 Å². The summed E-state index contributed by atoms with van der Waals surface area (Å²) in [5.74, 6) is -1.15. The molecule has 3 amide bonds. The molecule has 4 rings (SSSR count). The summed E-state index contributed by atoms with van der Waals surface area (Å²) in [6.45, 7) is 3.47. The molecular weight excluding hydrogens is 382 g/mol. The van der Waals surface area contributed by atoms with Crippen molar-refractivity contribution in [3.63, 3.8) is 0 Å². The number of nitrogens with zero attached hydrogens (tertiary/aromatic N) is 2. The highest BCUT2D eigenvalue weighted by molar-refractivity contribution is 6.22. The van der Waals surface area contributed by atoms with Crippen LogP contribution in [0.5, 0.6) is 0 Å². The van der Waals surface area contributed by atoms with E-state index in [4.69, 9.17) is 4.74 Å². The van der Waals surface area contributed by atoms with Gasteiger partial charge in [0.2, 0.25) is 5.91 Å². The van der Waals surface area contributed by atoms with Crippen LogP contribution in [0, 0.1) is 0 Å². The van der Waals surface area contributed by atoms with Crippen molar-refractivity contribution in [1.29, 1.82) is 0 Å². The predicted molar refractivity (Wildman–Crippen MR) is 111 cm³/mol. The topological polar surface area (TPSA) is 79.0 Å². The highest BCUT2D eigenvalue weighted by Crippen LogP contribution is 2.23. The van der Waals surface area contributed by atoms with Crippen LogP contribution in [0.2, 0.25) is 0 Å². The summed E-state index contributed by atoms with van der Waals surface area (Å²) in [5.41, 5.74) is 1.89. The number of hydrogen-bond acceptors (Lipinski definition) is 5. The number of ether oxygens (including phenoxy) is 1. The quantitative estimate of drug-likeness (QED) is 0.560. The second kappa shape index (κ2) is 9.19. The van der Waals surface area contributed by atoms with Crippen molar-refractivity contribution in [3.05, 3.63) is 71.3 Å². The van der Waals surface area contributed by atoms with Crippen LogP contribution >= 0.6 is 0 Å². The van der Waals surface area contributed by atoms with E-state index in [2.05, 4.69) is 22.3 Å². The first-order valence-electron chi connectivity index (χ1n) is 10.2. The van der Waals surface area contributed by atoms with Gasteiger partial charge < -0.3 is 10.1 Å². The molecule has 2 aromatic rings.